The molecule has 0 saturated carbocycles. The van der Waals surface area contributed by atoms with Crippen molar-refractivity contribution in [3.8, 4) is 0 Å². The summed E-state index contributed by atoms with van der Waals surface area (Å²) in [7, 11) is 5.56. The summed E-state index contributed by atoms with van der Waals surface area (Å²) >= 11 is 22.9. The maximum Gasteiger partial charge on any atom is 0.369 e. The molecule has 0 bridgehead atoms. The Morgan fingerprint density at radius 1 is 0.587 bits per heavy atom. The van der Waals surface area contributed by atoms with Crippen LogP contribution in [-0.2, 0) is 33.8 Å². The fourth-order valence-electron chi connectivity index (χ4n) is 7.73. The van der Waals surface area contributed by atoms with Crippen molar-refractivity contribution in [3.63, 3.8) is 0 Å². The minimum Gasteiger partial charge on any atom is -0.462 e. The summed E-state index contributed by atoms with van der Waals surface area (Å²) in [5.41, 5.74) is 4.60. The lowest BCUT2D eigenvalue weighted by atomic mass is 10.2. The van der Waals surface area contributed by atoms with Gasteiger partial charge in [-0.2, -0.15) is 27.9 Å². The highest BCUT2D eigenvalue weighted by molar-refractivity contribution is 9.69. The van der Waals surface area contributed by atoms with E-state index in [1.807, 2.05) is 48.0 Å². The first-order chi connectivity index (χ1) is 42.8. The lowest BCUT2D eigenvalue weighted by Gasteiger charge is -2.23. The first-order valence-corrected chi connectivity index (χ1v) is 33.1. The molecule has 0 atom stereocenters. The Morgan fingerprint density at radius 3 is 1.24 bits per heavy atom. The number of aromatic nitrogens is 9. The van der Waals surface area contributed by atoms with Crippen molar-refractivity contribution in [3.05, 3.63) is 165 Å². The second-order valence-electron chi connectivity index (χ2n) is 21.0. The Kier molecular flexibility index (Phi) is 34.2. The molecule has 0 aliphatic heterocycles. The quantitative estimate of drug-likeness (QED) is 0.0306. The van der Waals surface area contributed by atoms with Crippen molar-refractivity contribution in [2.24, 2.45) is 0 Å². The van der Waals surface area contributed by atoms with Crippen molar-refractivity contribution in [1.29, 1.82) is 0 Å². The molecule has 0 unspecified atom stereocenters. The van der Waals surface area contributed by atoms with Gasteiger partial charge in [0.15, 0.2) is 16.9 Å². The minimum absolute atomic E-state index is 0. The van der Waals surface area contributed by atoms with E-state index in [0.29, 0.717) is 82.5 Å². The van der Waals surface area contributed by atoms with E-state index in [-0.39, 0.29) is 64.8 Å². The van der Waals surface area contributed by atoms with Crippen molar-refractivity contribution < 1.29 is 43.1 Å². The van der Waals surface area contributed by atoms with Crippen LogP contribution >= 0.6 is 100 Å². The van der Waals surface area contributed by atoms with Crippen LogP contribution in [-0.4, -0.2) is 115 Å². The molecule has 0 saturated heterocycles. The second kappa shape index (κ2) is 39.1. The molecule has 9 aromatic rings. The van der Waals surface area contributed by atoms with Crippen molar-refractivity contribution in [2.75, 3.05) is 55.7 Å². The number of halogens is 7. The third-order valence-electron chi connectivity index (χ3n) is 11.4. The number of benzene rings is 3. The highest BCUT2D eigenvalue weighted by Gasteiger charge is 2.22. The zero-order chi connectivity index (χ0) is 67.9. The molecule has 29 heteroatoms. The van der Waals surface area contributed by atoms with E-state index >= 15 is 0 Å². The van der Waals surface area contributed by atoms with Gasteiger partial charge in [0.1, 0.15) is 51.6 Å². The van der Waals surface area contributed by atoms with Crippen molar-refractivity contribution in [1.82, 2.24) is 43.8 Å². The number of hydrogen-bond donors (Lipinski definition) is 2. The molecule has 18 nitrogen and oxygen atoms in total. The van der Waals surface area contributed by atoms with E-state index in [1.165, 1.54) is 62.5 Å². The van der Waals surface area contributed by atoms with Crippen LogP contribution in [0.2, 0.25) is 0 Å². The molecule has 92 heavy (non-hydrogen) atoms. The number of carbonyl (C=O) groups excluding carboxylic acids is 3. The summed E-state index contributed by atoms with van der Waals surface area (Å²) in [6.07, 6.45) is 9.50. The van der Waals surface area contributed by atoms with Gasteiger partial charge >= 0.3 is 21.1 Å². The van der Waals surface area contributed by atoms with Crippen LogP contribution in [0.25, 0.3) is 16.9 Å². The predicted octanol–water partition coefficient (Wildman–Crippen LogP) is 17.2. The fraction of sp³-hybridized carbons (Fsp3) is 0.381. The van der Waals surface area contributed by atoms with Gasteiger partial charge in [-0.3, -0.25) is 0 Å². The normalized spacial score (nSPS) is 10.7. The number of esters is 3. The standard InChI is InChI=1S/C21H25FN4O2S.C17H16BrFN4O2.C17H17FN4O2S.C4H10S.C2H6.2CH4.BBr3/c1-6-28-20(27)16-12-23-26-10-9-18(24-19(16)26)25(5)13-14-11-15(22)7-8-17(14)29-21(2,3)4;1-3-25-17(24)13-9-20-23-7-6-15(21-16(13)23)22(2)10-11-8-12(19)4-5-14(11)18;1-3-24-17(23)13-9-19-22-7-6-15(20-16(13)22)21(2)10-11-8-12(18)4-5-14(11)25;1-4(2,3)5;1-2;;;2-1(3)4/h7-12H,6,13H2,1-5H3;4-9H,3,10H2,1-2H3;4-9,25H,3,10H2,1-2H3;5H,1-3H3;1-2H3;2*1H4;/i;;;;1D;;;. The molecular weight excluding hydrogens is 1500 g/mol. The lowest BCUT2D eigenvalue weighted by Crippen LogP contribution is -2.19. The van der Waals surface area contributed by atoms with E-state index in [2.05, 4.69) is 160 Å². The molecule has 0 spiro atoms. The molecule has 9 rings (SSSR count). The molecule has 6 heterocycles. The van der Waals surface area contributed by atoms with Crippen LogP contribution in [0, 0.1) is 17.5 Å². The third-order valence-corrected chi connectivity index (χ3v) is 13.9. The molecule has 6 aromatic heterocycles. The Hall–Kier alpha value is -5.85. The van der Waals surface area contributed by atoms with E-state index in [0.717, 1.165) is 26.1 Å². The van der Waals surface area contributed by atoms with Crippen molar-refractivity contribution in [2.45, 2.75) is 130 Å². The Bertz CT molecular complexity index is 3690. The van der Waals surface area contributed by atoms with Crippen LogP contribution in [0.5, 0.6) is 0 Å². The number of carbonyl (C=O) groups is 3. The first kappa shape index (κ1) is 80.4. The Morgan fingerprint density at radius 2 is 0.891 bits per heavy atom. The molecular formula is C63H82BBr4F3N12O6S3. The Balaban J connectivity index is 0.000000432. The number of fused-ring (bicyclic) bond motifs is 3. The predicted molar refractivity (Wildman–Crippen MR) is 389 cm³/mol. The zero-order valence-electron chi connectivity index (χ0n) is 53.2. The number of ether oxygens (including phenoxy) is 3. The van der Waals surface area contributed by atoms with Gasteiger partial charge in [-0.25, -0.2) is 56.1 Å². The fourth-order valence-corrected chi connectivity index (χ4v) is 9.36. The molecule has 0 fully saturated rings. The average Bonchev–Trinajstić information content (AvgIpc) is 1.74. The van der Waals surface area contributed by atoms with Crippen LogP contribution in [0.15, 0.2) is 124 Å². The van der Waals surface area contributed by atoms with Crippen LogP contribution in [0.4, 0.5) is 30.6 Å². The largest absolute Gasteiger partial charge is 0.462 e. The summed E-state index contributed by atoms with van der Waals surface area (Å²) < 4.78 is 68.0. The number of thiol groups is 2. The number of thioether (sulfide) groups is 1. The van der Waals surface area contributed by atoms with Crippen LogP contribution in [0.1, 0.15) is 140 Å². The monoisotopic (exact) mass is 1580 g/mol. The summed E-state index contributed by atoms with van der Waals surface area (Å²) in [6, 6.07) is 19.2. The van der Waals surface area contributed by atoms with Crippen molar-refractivity contribution >= 4 is 156 Å². The Labute approximate surface area is 588 Å². The van der Waals surface area contributed by atoms with Gasteiger partial charge in [0.2, 0.25) is 0 Å². The van der Waals surface area contributed by atoms with Gasteiger partial charge < -0.3 is 28.9 Å². The zero-order valence-corrected chi connectivity index (χ0v) is 61.1. The SMILES string of the molecule is BrB(Br)Br.C.C.CC(C)(C)S.CCOC(=O)c1cnn2ccc(N(C)Cc3cc(F)ccc3Br)nc12.CCOC(=O)c1cnn2ccc(N(C)Cc3cc(F)ccc3S)nc12.CCOC(=O)c1cnn2ccc(N(C)Cc3cc(F)ccc3SC(C)(C)C)nc12.[2H]CC. The summed E-state index contributed by atoms with van der Waals surface area (Å²) in [5, 5.41) is 12.4. The van der Waals surface area contributed by atoms with Gasteiger partial charge in [0.05, 0.1) is 38.4 Å². The van der Waals surface area contributed by atoms with Gasteiger partial charge in [-0.15, -0.1) is 71.7 Å². The summed E-state index contributed by atoms with van der Waals surface area (Å²) in [4.78, 5) is 57.1. The van der Waals surface area contributed by atoms with E-state index in [4.69, 9.17) is 15.6 Å². The molecule has 0 N–H and O–H groups in total. The molecule has 0 radical (unpaired) electrons. The molecule has 500 valence electrons. The number of rotatable bonds is 16. The third kappa shape index (κ3) is 26.2. The topological polar surface area (TPSA) is 179 Å². The van der Waals surface area contributed by atoms with E-state index in [1.54, 1.807) is 88.4 Å². The molecule has 3 aromatic carbocycles. The first-order valence-electron chi connectivity index (χ1n) is 28.5. The maximum absolute atomic E-state index is 13.9. The van der Waals surface area contributed by atoms with Gasteiger partial charge in [0, 0.05) is 84.5 Å². The maximum atomic E-state index is 13.9. The number of anilines is 3. The molecule has 0 aliphatic carbocycles. The minimum atomic E-state index is -0.465. The van der Waals surface area contributed by atoms with E-state index in [9.17, 15) is 27.6 Å². The van der Waals surface area contributed by atoms with Crippen LogP contribution in [0.3, 0.4) is 0 Å². The van der Waals surface area contributed by atoms with E-state index < -0.39 is 17.9 Å². The lowest BCUT2D eigenvalue weighted by molar-refractivity contribution is 0.0518. The smallest absolute Gasteiger partial charge is 0.369 e. The highest BCUT2D eigenvalue weighted by Crippen LogP contribution is 2.35. The number of hydrogen-bond acceptors (Lipinski definition) is 18. The van der Waals surface area contributed by atoms with Crippen LogP contribution < -0.4 is 14.7 Å². The van der Waals surface area contributed by atoms with Gasteiger partial charge in [0.25, 0.3) is 0 Å². The highest BCUT2D eigenvalue weighted by atomic mass is 79.9. The van der Waals surface area contributed by atoms with Gasteiger partial charge in [-0.05, 0) is 110 Å². The molecule has 0 aliphatic rings. The summed E-state index contributed by atoms with van der Waals surface area (Å²) in [5.74, 6) is -0.352. The summed E-state index contributed by atoms with van der Waals surface area (Å²) in [6.45, 7) is 22.2. The number of nitrogens with zero attached hydrogens (tertiary/aromatic N) is 12. The van der Waals surface area contributed by atoms with Gasteiger partial charge in [-0.1, -0.05) is 86.1 Å². The second-order valence-corrected chi connectivity index (χ2v) is 31.9. The average molecular weight is 1590 g/mol. The molecule has 0 amide bonds.